The number of aliphatic hydroxyl groups is 1. The Morgan fingerprint density at radius 3 is 2.27 bits per heavy atom. The van der Waals surface area contributed by atoms with Gasteiger partial charge in [-0.1, -0.05) is 6.92 Å². The molecule has 86 valence electrons. The number of rotatable bonds is 4. The van der Waals surface area contributed by atoms with E-state index in [-0.39, 0.29) is 24.3 Å². The molecule has 1 aliphatic rings. The molecule has 0 saturated carbocycles. The van der Waals surface area contributed by atoms with Crippen LogP contribution in [0.3, 0.4) is 0 Å². The van der Waals surface area contributed by atoms with Crippen LogP contribution in [0, 0.1) is 5.92 Å². The van der Waals surface area contributed by atoms with Crippen LogP contribution in [-0.2, 0) is 9.59 Å². The van der Waals surface area contributed by atoms with Crippen molar-refractivity contribution in [1.29, 1.82) is 0 Å². The molecule has 0 aromatic carbocycles. The summed E-state index contributed by atoms with van der Waals surface area (Å²) in [5.74, 6) is 0.0746. The molecule has 1 saturated heterocycles. The molecule has 0 spiro atoms. The third-order valence-electron chi connectivity index (χ3n) is 2.75. The van der Waals surface area contributed by atoms with E-state index in [1.807, 2.05) is 6.92 Å². The van der Waals surface area contributed by atoms with Crippen molar-refractivity contribution in [2.24, 2.45) is 5.92 Å². The molecule has 0 aromatic rings. The Balaban J connectivity index is 2.55. The van der Waals surface area contributed by atoms with E-state index in [2.05, 4.69) is 0 Å². The van der Waals surface area contributed by atoms with Crippen LogP contribution >= 0.6 is 0 Å². The van der Waals surface area contributed by atoms with E-state index in [1.165, 1.54) is 4.90 Å². The van der Waals surface area contributed by atoms with Crippen molar-refractivity contribution in [3.63, 3.8) is 0 Å². The lowest BCUT2D eigenvalue weighted by Crippen LogP contribution is -2.38. The summed E-state index contributed by atoms with van der Waals surface area (Å²) in [6, 6.07) is 0. The van der Waals surface area contributed by atoms with E-state index < -0.39 is 0 Å². The normalized spacial score (nSPS) is 20.3. The summed E-state index contributed by atoms with van der Waals surface area (Å²) in [6.07, 6.45) is 3.23. The molecule has 4 nitrogen and oxygen atoms in total. The van der Waals surface area contributed by atoms with Crippen LogP contribution in [0.25, 0.3) is 0 Å². The van der Waals surface area contributed by atoms with Crippen molar-refractivity contribution in [3.05, 3.63) is 0 Å². The fraction of sp³-hybridized carbons (Fsp3) is 0.818. The number of amides is 2. The van der Waals surface area contributed by atoms with Crippen molar-refractivity contribution in [2.45, 2.75) is 39.0 Å². The highest BCUT2D eigenvalue weighted by Gasteiger charge is 2.24. The van der Waals surface area contributed by atoms with Crippen LogP contribution in [0.5, 0.6) is 0 Å². The standard InChI is InChI=1S/C11H19NO3/c1-9(6-7-13)8-12-10(14)4-2-3-5-11(12)15/h9,13H,2-8H2,1H3. The maximum atomic E-state index is 11.6. The van der Waals surface area contributed by atoms with Crippen LogP contribution in [0.2, 0.25) is 0 Å². The molecular weight excluding hydrogens is 194 g/mol. The van der Waals surface area contributed by atoms with Gasteiger partial charge in [0.1, 0.15) is 0 Å². The zero-order valence-corrected chi connectivity index (χ0v) is 9.24. The number of carbonyl (C=O) groups is 2. The number of aliphatic hydroxyl groups excluding tert-OH is 1. The third-order valence-corrected chi connectivity index (χ3v) is 2.75. The first-order valence-corrected chi connectivity index (χ1v) is 5.59. The average molecular weight is 213 g/mol. The summed E-state index contributed by atoms with van der Waals surface area (Å²) in [7, 11) is 0. The van der Waals surface area contributed by atoms with Gasteiger partial charge in [0.15, 0.2) is 0 Å². The monoisotopic (exact) mass is 213 g/mol. The Morgan fingerprint density at radius 2 is 1.80 bits per heavy atom. The van der Waals surface area contributed by atoms with Gasteiger partial charge in [0.2, 0.25) is 11.8 Å². The second-order valence-corrected chi connectivity index (χ2v) is 4.22. The first-order valence-electron chi connectivity index (χ1n) is 5.59. The molecule has 0 radical (unpaired) electrons. The van der Waals surface area contributed by atoms with Crippen LogP contribution in [0.15, 0.2) is 0 Å². The van der Waals surface area contributed by atoms with Gasteiger partial charge in [0.05, 0.1) is 0 Å². The molecular formula is C11H19NO3. The summed E-state index contributed by atoms with van der Waals surface area (Å²) in [5.41, 5.74) is 0. The number of likely N-dealkylation sites (tertiary alicyclic amines) is 1. The predicted octanol–water partition coefficient (Wildman–Crippen LogP) is 0.934. The van der Waals surface area contributed by atoms with Gasteiger partial charge in [-0.2, -0.15) is 0 Å². The second kappa shape index (κ2) is 5.85. The zero-order chi connectivity index (χ0) is 11.3. The van der Waals surface area contributed by atoms with E-state index in [9.17, 15) is 9.59 Å². The average Bonchev–Trinajstić information content (AvgIpc) is 2.33. The molecule has 2 amide bonds. The second-order valence-electron chi connectivity index (χ2n) is 4.22. The minimum absolute atomic E-state index is 0.0534. The fourth-order valence-electron chi connectivity index (χ4n) is 1.79. The van der Waals surface area contributed by atoms with Crippen molar-refractivity contribution in [2.75, 3.05) is 13.2 Å². The number of hydrogen-bond donors (Lipinski definition) is 1. The van der Waals surface area contributed by atoms with Gasteiger partial charge in [-0.25, -0.2) is 0 Å². The zero-order valence-electron chi connectivity index (χ0n) is 9.24. The van der Waals surface area contributed by atoms with Gasteiger partial charge in [-0.05, 0) is 25.2 Å². The Bertz CT molecular complexity index is 222. The minimum atomic E-state index is -0.0534. The highest BCUT2D eigenvalue weighted by molar-refractivity contribution is 5.96. The first kappa shape index (κ1) is 12.2. The summed E-state index contributed by atoms with van der Waals surface area (Å²) in [4.78, 5) is 24.6. The Hall–Kier alpha value is -0.900. The van der Waals surface area contributed by atoms with Crippen LogP contribution < -0.4 is 0 Å². The van der Waals surface area contributed by atoms with E-state index in [4.69, 9.17) is 5.11 Å². The maximum absolute atomic E-state index is 11.6. The smallest absolute Gasteiger partial charge is 0.229 e. The van der Waals surface area contributed by atoms with E-state index >= 15 is 0 Å². The van der Waals surface area contributed by atoms with Gasteiger partial charge in [-0.3, -0.25) is 14.5 Å². The summed E-state index contributed by atoms with van der Waals surface area (Å²) in [5, 5.41) is 8.77. The molecule has 1 N–H and O–H groups in total. The summed E-state index contributed by atoms with van der Waals surface area (Å²) < 4.78 is 0. The van der Waals surface area contributed by atoms with Crippen molar-refractivity contribution in [3.8, 4) is 0 Å². The van der Waals surface area contributed by atoms with Crippen LogP contribution in [0.1, 0.15) is 39.0 Å². The molecule has 1 heterocycles. The topological polar surface area (TPSA) is 57.6 Å². The Morgan fingerprint density at radius 1 is 1.27 bits per heavy atom. The van der Waals surface area contributed by atoms with Crippen molar-refractivity contribution < 1.29 is 14.7 Å². The van der Waals surface area contributed by atoms with Gasteiger partial charge >= 0.3 is 0 Å². The number of hydrogen-bond acceptors (Lipinski definition) is 3. The Kier molecular flexibility index (Phi) is 4.75. The lowest BCUT2D eigenvalue weighted by atomic mass is 10.1. The predicted molar refractivity (Wildman–Crippen MR) is 56.1 cm³/mol. The lowest BCUT2D eigenvalue weighted by molar-refractivity contribution is -0.144. The van der Waals surface area contributed by atoms with E-state index in [0.29, 0.717) is 25.8 Å². The number of nitrogens with zero attached hydrogens (tertiary/aromatic N) is 1. The molecule has 1 fully saturated rings. The highest BCUT2D eigenvalue weighted by Crippen LogP contribution is 2.15. The van der Waals surface area contributed by atoms with Gasteiger partial charge in [0, 0.05) is 26.0 Å². The Labute approximate surface area is 90.3 Å². The lowest BCUT2D eigenvalue weighted by Gasteiger charge is -2.22. The molecule has 0 aliphatic carbocycles. The van der Waals surface area contributed by atoms with Crippen molar-refractivity contribution in [1.82, 2.24) is 4.90 Å². The molecule has 0 aromatic heterocycles. The molecule has 1 rings (SSSR count). The molecule has 1 atom stereocenters. The highest BCUT2D eigenvalue weighted by atomic mass is 16.3. The molecule has 15 heavy (non-hydrogen) atoms. The van der Waals surface area contributed by atoms with Crippen molar-refractivity contribution >= 4 is 11.8 Å². The minimum Gasteiger partial charge on any atom is -0.396 e. The number of imide groups is 1. The SMILES string of the molecule is CC(CCO)CN1C(=O)CCCCC1=O. The molecule has 0 bridgehead atoms. The number of carbonyl (C=O) groups excluding carboxylic acids is 2. The summed E-state index contributed by atoms with van der Waals surface area (Å²) in [6.45, 7) is 2.51. The van der Waals surface area contributed by atoms with Gasteiger partial charge in [-0.15, -0.1) is 0 Å². The summed E-state index contributed by atoms with van der Waals surface area (Å²) >= 11 is 0. The molecule has 4 heteroatoms. The van der Waals surface area contributed by atoms with Crippen LogP contribution in [-0.4, -0.2) is 35.0 Å². The third kappa shape index (κ3) is 3.63. The molecule has 1 aliphatic heterocycles. The van der Waals surface area contributed by atoms with E-state index in [1.54, 1.807) is 0 Å². The quantitative estimate of drug-likeness (QED) is 0.707. The largest absolute Gasteiger partial charge is 0.396 e. The van der Waals surface area contributed by atoms with Gasteiger partial charge in [0.25, 0.3) is 0 Å². The maximum Gasteiger partial charge on any atom is 0.229 e. The van der Waals surface area contributed by atoms with Gasteiger partial charge < -0.3 is 5.11 Å². The fourth-order valence-corrected chi connectivity index (χ4v) is 1.79. The molecule has 1 unspecified atom stereocenters. The van der Waals surface area contributed by atoms with Crippen LogP contribution in [0.4, 0.5) is 0 Å². The first-order chi connectivity index (χ1) is 7.15. The van der Waals surface area contributed by atoms with E-state index in [0.717, 1.165) is 12.8 Å².